The zero-order chi connectivity index (χ0) is 19.5. The number of thiazole rings is 1. The van der Waals surface area contributed by atoms with E-state index in [1.165, 1.54) is 6.07 Å². The van der Waals surface area contributed by atoms with Crippen molar-refractivity contribution >= 4 is 33.5 Å². The van der Waals surface area contributed by atoms with Crippen LogP contribution in [-0.4, -0.2) is 35.0 Å². The molecule has 2 heterocycles. The average Bonchev–Trinajstić information content (AvgIpc) is 3.10. The first-order valence-corrected chi connectivity index (χ1v) is 9.84. The molecule has 1 fully saturated rings. The third kappa shape index (κ3) is 4.20. The van der Waals surface area contributed by atoms with Crippen molar-refractivity contribution in [2.24, 2.45) is 0 Å². The van der Waals surface area contributed by atoms with Gasteiger partial charge in [0.1, 0.15) is 17.4 Å². The number of rotatable bonds is 4. The van der Waals surface area contributed by atoms with E-state index in [0.29, 0.717) is 35.8 Å². The maximum Gasteiger partial charge on any atom is 0.274 e. The van der Waals surface area contributed by atoms with E-state index in [1.807, 2.05) is 30.3 Å². The first-order valence-electron chi connectivity index (χ1n) is 9.03. The number of nitrogens with zero attached hydrogens (tertiary/aromatic N) is 2. The molecule has 3 aromatic rings. The van der Waals surface area contributed by atoms with Crippen LogP contribution < -0.4 is 4.74 Å². The zero-order valence-corrected chi connectivity index (χ0v) is 15.8. The molecule has 0 N–H and O–H groups in total. The standard InChI is InChI=1S/C21H18F2N2O2S/c22-15-12-17(23)20-18(13-15)28-21(24-20)27-16-8-10-25(11-9-16)19(26)7-6-14-4-2-1-3-5-14/h1-7,12-13,16H,8-11H2/b7-6+. The summed E-state index contributed by atoms with van der Waals surface area (Å²) in [4.78, 5) is 18.2. The van der Waals surface area contributed by atoms with Crippen molar-refractivity contribution < 1.29 is 18.3 Å². The average molecular weight is 400 g/mol. The van der Waals surface area contributed by atoms with Gasteiger partial charge in [-0.25, -0.2) is 8.78 Å². The van der Waals surface area contributed by atoms with E-state index in [0.717, 1.165) is 23.0 Å². The molecule has 28 heavy (non-hydrogen) atoms. The normalized spacial score (nSPS) is 15.4. The van der Waals surface area contributed by atoms with Crippen molar-refractivity contribution in [3.8, 4) is 5.19 Å². The van der Waals surface area contributed by atoms with E-state index in [1.54, 1.807) is 17.1 Å². The number of carbonyl (C=O) groups excluding carboxylic acids is 1. The van der Waals surface area contributed by atoms with Gasteiger partial charge >= 0.3 is 0 Å². The van der Waals surface area contributed by atoms with Crippen LogP contribution in [0.15, 0.2) is 48.5 Å². The highest BCUT2D eigenvalue weighted by Crippen LogP contribution is 2.31. The predicted octanol–water partition coefficient (Wildman–Crippen LogP) is 4.66. The molecule has 0 atom stereocenters. The summed E-state index contributed by atoms with van der Waals surface area (Å²) in [6, 6.07) is 11.7. The molecular formula is C21H18F2N2O2S. The van der Waals surface area contributed by atoms with Crippen LogP contribution >= 0.6 is 11.3 Å². The molecule has 0 radical (unpaired) electrons. The molecule has 4 nitrogen and oxygen atoms in total. The second kappa shape index (κ2) is 8.06. The summed E-state index contributed by atoms with van der Waals surface area (Å²) >= 11 is 1.13. The van der Waals surface area contributed by atoms with Crippen molar-refractivity contribution in [1.29, 1.82) is 0 Å². The molecule has 1 amide bonds. The van der Waals surface area contributed by atoms with Gasteiger partial charge in [0.2, 0.25) is 5.91 Å². The van der Waals surface area contributed by atoms with Crippen molar-refractivity contribution in [2.75, 3.05) is 13.1 Å². The summed E-state index contributed by atoms with van der Waals surface area (Å²) < 4.78 is 33.4. The van der Waals surface area contributed by atoms with E-state index in [2.05, 4.69) is 4.98 Å². The second-order valence-electron chi connectivity index (χ2n) is 6.60. The minimum absolute atomic E-state index is 0.0279. The van der Waals surface area contributed by atoms with Crippen molar-refractivity contribution in [1.82, 2.24) is 9.88 Å². The molecule has 1 saturated heterocycles. The van der Waals surface area contributed by atoms with Crippen molar-refractivity contribution in [3.05, 3.63) is 65.7 Å². The number of hydrogen-bond donors (Lipinski definition) is 0. The van der Waals surface area contributed by atoms with Crippen LogP contribution in [0, 0.1) is 11.6 Å². The van der Waals surface area contributed by atoms with E-state index in [9.17, 15) is 13.6 Å². The van der Waals surface area contributed by atoms with Gasteiger partial charge in [0.05, 0.1) is 4.70 Å². The van der Waals surface area contributed by atoms with Gasteiger partial charge in [-0.15, -0.1) is 0 Å². The Bertz CT molecular complexity index is 1010. The predicted molar refractivity (Wildman–Crippen MR) is 105 cm³/mol. The van der Waals surface area contributed by atoms with E-state index >= 15 is 0 Å². The zero-order valence-electron chi connectivity index (χ0n) is 15.0. The highest BCUT2D eigenvalue weighted by molar-refractivity contribution is 7.20. The monoisotopic (exact) mass is 400 g/mol. The Balaban J connectivity index is 1.33. The number of carbonyl (C=O) groups is 1. The molecule has 0 bridgehead atoms. The lowest BCUT2D eigenvalue weighted by Crippen LogP contribution is -2.41. The number of likely N-dealkylation sites (tertiary alicyclic amines) is 1. The van der Waals surface area contributed by atoms with Gasteiger partial charge in [0, 0.05) is 38.1 Å². The highest BCUT2D eigenvalue weighted by Gasteiger charge is 2.24. The minimum Gasteiger partial charge on any atom is -0.467 e. The molecule has 0 spiro atoms. The maximum atomic E-state index is 13.8. The first-order chi connectivity index (χ1) is 13.6. The molecule has 0 unspecified atom stereocenters. The number of benzene rings is 2. The van der Waals surface area contributed by atoms with Gasteiger partial charge in [0.15, 0.2) is 5.82 Å². The molecule has 1 aromatic heterocycles. The molecule has 0 saturated carbocycles. The van der Waals surface area contributed by atoms with Crippen LogP contribution in [0.1, 0.15) is 18.4 Å². The number of piperidine rings is 1. The number of hydrogen-bond acceptors (Lipinski definition) is 4. The Hall–Kier alpha value is -2.80. The Morgan fingerprint density at radius 3 is 2.68 bits per heavy atom. The quantitative estimate of drug-likeness (QED) is 0.599. The molecule has 1 aliphatic rings. The van der Waals surface area contributed by atoms with Gasteiger partial charge < -0.3 is 9.64 Å². The van der Waals surface area contributed by atoms with Crippen LogP contribution in [-0.2, 0) is 4.79 Å². The third-order valence-corrected chi connectivity index (χ3v) is 5.53. The molecule has 2 aromatic carbocycles. The van der Waals surface area contributed by atoms with E-state index in [-0.39, 0.29) is 17.5 Å². The Labute approximate surface area is 165 Å². The summed E-state index contributed by atoms with van der Waals surface area (Å²) in [5.74, 6) is -1.35. The first kappa shape index (κ1) is 18.6. The number of ether oxygens (including phenoxy) is 1. The smallest absolute Gasteiger partial charge is 0.274 e. The molecule has 144 valence electrons. The second-order valence-corrected chi connectivity index (χ2v) is 7.59. The fraction of sp³-hybridized carbons (Fsp3) is 0.238. The lowest BCUT2D eigenvalue weighted by Gasteiger charge is -2.30. The number of fused-ring (bicyclic) bond motifs is 1. The summed E-state index contributed by atoms with van der Waals surface area (Å²) in [7, 11) is 0. The van der Waals surface area contributed by atoms with Gasteiger partial charge in [-0.3, -0.25) is 4.79 Å². The number of amides is 1. The van der Waals surface area contributed by atoms with Crippen LogP contribution in [0.3, 0.4) is 0 Å². The summed E-state index contributed by atoms with van der Waals surface area (Å²) in [6.45, 7) is 1.16. The highest BCUT2D eigenvalue weighted by atomic mass is 32.1. The third-order valence-electron chi connectivity index (χ3n) is 4.63. The Morgan fingerprint density at radius 1 is 1.18 bits per heavy atom. The van der Waals surface area contributed by atoms with Crippen LogP contribution in [0.25, 0.3) is 16.3 Å². The number of aromatic nitrogens is 1. The SMILES string of the molecule is O=C(/C=C/c1ccccc1)N1CCC(Oc2nc3c(F)cc(F)cc3s2)CC1. The van der Waals surface area contributed by atoms with Crippen molar-refractivity contribution in [2.45, 2.75) is 18.9 Å². The minimum atomic E-state index is -0.688. The van der Waals surface area contributed by atoms with Crippen LogP contribution in [0.2, 0.25) is 0 Å². The van der Waals surface area contributed by atoms with Crippen molar-refractivity contribution in [3.63, 3.8) is 0 Å². The molecular weight excluding hydrogens is 382 g/mol. The topological polar surface area (TPSA) is 42.4 Å². The van der Waals surface area contributed by atoms with Gasteiger partial charge in [-0.2, -0.15) is 4.98 Å². The fourth-order valence-electron chi connectivity index (χ4n) is 3.16. The fourth-order valence-corrected chi connectivity index (χ4v) is 4.08. The van der Waals surface area contributed by atoms with E-state index in [4.69, 9.17) is 4.74 Å². The summed E-state index contributed by atoms with van der Waals surface area (Å²) in [6.07, 6.45) is 4.62. The van der Waals surface area contributed by atoms with Crippen LogP contribution in [0.5, 0.6) is 5.19 Å². The summed E-state index contributed by atoms with van der Waals surface area (Å²) in [5.41, 5.74) is 1.11. The van der Waals surface area contributed by atoms with Gasteiger partial charge in [-0.05, 0) is 17.7 Å². The Morgan fingerprint density at radius 2 is 1.93 bits per heavy atom. The van der Waals surface area contributed by atoms with Gasteiger partial charge in [0.25, 0.3) is 5.19 Å². The van der Waals surface area contributed by atoms with Gasteiger partial charge in [-0.1, -0.05) is 41.7 Å². The Kier molecular flexibility index (Phi) is 5.34. The summed E-state index contributed by atoms with van der Waals surface area (Å²) in [5, 5.41) is 0.327. The van der Waals surface area contributed by atoms with E-state index < -0.39 is 11.6 Å². The largest absolute Gasteiger partial charge is 0.467 e. The lowest BCUT2D eigenvalue weighted by molar-refractivity contribution is -0.127. The molecule has 1 aliphatic heterocycles. The lowest BCUT2D eigenvalue weighted by atomic mass is 10.1. The maximum absolute atomic E-state index is 13.8. The molecule has 7 heteroatoms. The molecule has 0 aliphatic carbocycles. The number of halogens is 2. The van der Waals surface area contributed by atoms with Crippen LogP contribution in [0.4, 0.5) is 8.78 Å². The molecule has 4 rings (SSSR count).